The number of amides is 1. The second-order valence-electron chi connectivity index (χ2n) is 6.18. The fourth-order valence-electron chi connectivity index (χ4n) is 2.59. The number of carbonyl (C=O) groups excluding carboxylic acids is 2. The highest BCUT2D eigenvalue weighted by Gasteiger charge is 2.41. The third-order valence-corrected chi connectivity index (χ3v) is 5.12. The Morgan fingerprint density at radius 1 is 1.54 bits per heavy atom. The van der Waals surface area contributed by atoms with E-state index >= 15 is 0 Å². The molecular formula is C18H23N3O4S. The lowest BCUT2D eigenvalue weighted by molar-refractivity contribution is -0.126. The third-order valence-electron chi connectivity index (χ3n) is 3.88. The number of hydrogen-bond donors (Lipinski definition) is 2. The molecule has 1 aliphatic heterocycles. The Labute approximate surface area is 156 Å². The van der Waals surface area contributed by atoms with E-state index in [0.29, 0.717) is 18.6 Å². The van der Waals surface area contributed by atoms with Crippen LogP contribution < -0.4 is 16.7 Å². The van der Waals surface area contributed by atoms with Gasteiger partial charge < -0.3 is 9.73 Å². The fourth-order valence-corrected chi connectivity index (χ4v) is 3.57. The van der Waals surface area contributed by atoms with Crippen LogP contribution in [-0.4, -0.2) is 28.1 Å². The number of allylic oxidation sites excluding steroid dienone is 1. The van der Waals surface area contributed by atoms with E-state index in [4.69, 9.17) is 10.2 Å². The highest BCUT2D eigenvalue weighted by Crippen LogP contribution is 2.26. The summed E-state index contributed by atoms with van der Waals surface area (Å²) in [5.41, 5.74) is 4.86. The lowest BCUT2D eigenvalue weighted by atomic mass is 10.0. The van der Waals surface area contributed by atoms with Crippen molar-refractivity contribution in [3.05, 3.63) is 46.5 Å². The number of hydrogen-bond acceptors (Lipinski definition) is 7. The molecule has 0 fully saturated rings. The van der Waals surface area contributed by atoms with Gasteiger partial charge in [-0.2, -0.15) is 0 Å². The Balaban J connectivity index is 2.26. The number of rotatable bonds is 8. The zero-order valence-electron chi connectivity index (χ0n) is 14.9. The highest BCUT2D eigenvalue weighted by molar-refractivity contribution is 8.16. The largest absolute Gasteiger partial charge is 0.426 e. The molecule has 2 atom stereocenters. The van der Waals surface area contributed by atoms with E-state index in [2.05, 4.69) is 16.9 Å². The van der Waals surface area contributed by atoms with Crippen LogP contribution in [0.2, 0.25) is 0 Å². The van der Waals surface area contributed by atoms with Crippen molar-refractivity contribution in [2.75, 3.05) is 5.75 Å². The quantitative estimate of drug-likeness (QED) is 0.667. The maximum absolute atomic E-state index is 12.7. The minimum absolute atomic E-state index is 0.188. The number of nitrogens with zero attached hydrogens (tertiary/aromatic N) is 1. The molecule has 1 aromatic rings. The predicted molar refractivity (Wildman–Crippen MR) is 102 cm³/mol. The second kappa shape index (κ2) is 8.46. The van der Waals surface area contributed by atoms with E-state index in [9.17, 15) is 14.4 Å². The Kier molecular flexibility index (Phi) is 6.55. The van der Waals surface area contributed by atoms with Crippen LogP contribution in [0.25, 0.3) is 0 Å². The van der Waals surface area contributed by atoms with E-state index in [1.165, 1.54) is 13.0 Å². The standard InChI is InChI=1S/C18H23N3O4S/c1-4-6-12-8-14(25-15(23)9-12)13(7-5-2)20-17(24)18(19)10-26-16(21-18)11(3)22/h4,8-9,13H,1,5-7,10,19H2,2-3H3,(H,20,24)/t13-,18+/m1/s1. The summed E-state index contributed by atoms with van der Waals surface area (Å²) >= 11 is 1.16. The number of aliphatic imine (C=N–C) groups is 1. The van der Waals surface area contributed by atoms with Crippen LogP contribution in [0, 0.1) is 0 Å². The molecule has 0 aromatic carbocycles. The molecule has 140 valence electrons. The molecule has 0 saturated carbocycles. The number of nitrogens with one attached hydrogen (secondary N) is 1. The zero-order chi connectivity index (χ0) is 19.3. The van der Waals surface area contributed by atoms with Crippen LogP contribution in [0.15, 0.2) is 39.0 Å². The van der Waals surface area contributed by atoms with Crippen LogP contribution in [-0.2, 0) is 16.0 Å². The van der Waals surface area contributed by atoms with Crippen molar-refractivity contribution in [3.8, 4) is 0 Å². The minimum Gasteiger partial charge on any atom is -0.426 e. The lowest BCUT2D eigenvalue weighted by Crippen LogP contribution is -2.54. The fraction of sp³-hybridized carbons (Fsp3) is 0.444. The highest BCUT2D eigenvalue weighted by atomic mass is 32.2. The van der Waals surface area contributed by atoms with E-state index in [1.54, 1.807) is 12.1 Å². The van der Waals surface area contributed by atoms with Gasteiger partial charge in [0.1, 0.15) is 10.8 Å². The van der Waals surface area contributed by atoms with Gasteiger partial charge in [0.2, 0.25) is 0 Å². The molecule has 0 spiro atoms. The van der Waals surface area contributed by atoms with Crippen LogP contribution in [0.3, 0.4) is 0 Å². The van der Waals surface area contributed by atoms with Gasteiger partial charge in [0.05, 0.1) is 6.04 Å². The average Bonchev–Trinajstić information content (AvgIpc) is 2.98. The van der Waals surface area contributed by atoms with Gasteiger partial charge in [-0.3, -0.25) is 15.3 Å². The topological polar surface area (TPSA) is 115 Å². The van der Waals surface area contributed by atoms with Crippen molar-refractivity contribution in [3.63, 3.8) is 0 Å². The molecule has 26 heavy (non-hydrogen) atoms. The van der Waals surface area contributed by atoms with Gasteiger partial charge in [0.25, 0.3) is 5.91 Å². The van der Waals surface area contributed by atoms with Crippen molar-refractivity contribution < 1.29 is 14.0 Å². The second-order valence-corrected chi connectivity index (χ2v) is 7.14. The summed E-state index contributed by atoms with van der Waals surface area (Å²) in [6.45, 7) is 7.01. The SMILES string of the molecule is C=CCc1cc([C@@H](CCC)NC(=O)[C@]2(N)CSC(C(C)=O)=N2)oc(=O)c1. The van der Waals surface area contributed by atoms with Crippen molar-refractivity contribution in [2.45, 2.75) is 44.8 Å². The molecule has 1 aliphatic rings. The van der Waals surface area contributed by atoms with Crippen molar-refractivity contribution in [1.29, 1.82) is 0 Å². The van der Waals surface area contributed by atoms with E-state index < -0.39 is 23.2 Å². The first-order valence-electron chi connectivity index (χ1n) is 8.37. The first kappa shape index (κ1) is 20.1. The summed E-state index contributed by atoms with van der Waals surface area (Å²) in [4.78, 5) is 40.0. The molecule has 2 heterocycles. The molecular weight excluding hydrogens is 354 g/mol. The molecule has 1 amide bonds. The molecule has 0 unspecified atom stereocenters. The molecule has 1 aromatic heterocycles. The molecule has 2 rings (SSSR count). The van der Waals surface area contributed by atoms with E-state index in [1.807, 2.05) is 6.92 Å². The monoisotopic (exact) mass is 377 g/mol. The van der Waals surface area contributed by atoms with Gasteiger partial charge in [-0.15, -0.1) is 6.58 Å². The smallest absolute Gasteiger partial charge is 0.336 e. The van der Waals surface area contributed by atoms with Crippen molar-refractivity contribution in [1.82, 2.24) is 5.32 Å². The van der Waals surface area contributed by atoms with Crippen LogP contribution in [0.5, 0.6) is 0 Å². The number of thioether (sulfide) groups is 1. The molecule has 0 aliphatic carbocycles. The van der Waals surface area contributed by atoms with Gasteiger partial charge in [-0.1, -0.05) is 31.2 Å². The van der Waals surface area contributed by atoms with Gasteiger partial charge in [-0.05, 0) is 24.5 Å². The van der Waals surface area contributed by atoms with Crippen LogP contribution in [0.1, 0.15) is 44.1 Å². The first-order valence-corrected chi connectivity index (χ1v) is 9.36. The third kappa shape index (κ3) is 4.70. The number of carbonyl (C=O) groups is 2. The average molecular weight is 377 g/mol. The maximum Gasteiger partial charge on any atom is 0.336 e. The molecule has 7 nitrogen and oxygen atoms in total. The summed E-state index contributed by atoms with van der Waals surface area (Å²) in [6, 6.07) is 2.63. The Morgan fingerprint density at radius 3 is 2.85 bits per heavy atom. The summed E-state index contributed by atoms with van der Waals surface area (Å²) < 4.78 is 5.29. The molecule has 3 N–H and O–H groups in total. The molecule has 8 heteroatoms. The van der Waals surface area contributed by atoms with E-state index in [-0.39, 0.29) is 16.6 Å². The summed E-state index contributed by atoms with van der Waals surface area (Å²) in [7, 11) is 0. The lowest BCUT2D eigenvalue weighted by Gasteiger charge is -2.24. The van der Waals surface area contributed by atoms with Gasteiger partial charge in [0.15, 0.2) is 11.4 Å². The summed E-state index contributed by atoms with van der Waals surface area (Å²) in [5.74, 6) is -0.165. The number of Topliss-reactive ketones (excluding diaryl/α,β-unsaturated/α-hetero) is 1. The normalized spacial score (nSPS) is 20.3. The Morgan fingerprint density at radius 2 is 2.27 bits per heavy atom. The Bertz CT molecular complexity index is 802. The van der Waals surface area contributed by atoms with Crippen molar-refractivity contribution >= 4 is 28.5 Å². The van der Waals surface area contributed by atoms with Gasteiger partial charge in [-0.25, -0.2) is 9.79 Å². The zero-order valence-corrected chi connectivity index (χ0v) is 15.7. The molecule has 0 radical (unpaired) electrons. The van der Waals surface area contributed by atoms with Crippen molar-refractivity contribution in [2.24, 2.45) is 10.7 Å². The number of ketones is 1. The van der Waals surface area contributed by atoms with Gasteiger partial charge in [0, 0.05) is 18.7 Å². The van der Waals surface area contributed by atoms with Crippen LogP contribution in [0.4, 0.5) is 0 Å². The minimum atomic E-state index is -1.50. The molecule has 0 saturated heterocycles. The summed E-state index contributed by atoms with van der Waals surface area (Å²) in [6.07, 6.45) is 3.54. The van der Waals surface area contributed by atoms with E-state index in [0.717, 1.165) is 23.7 Å². The van der Waals surface area contributed by atoms with Crippen LogP contribution >= 0.6 is 11.8 Å². The molecule has 0 bridgehead atoms. The first-order chi connectivity index (χ1) is 12.3. The van der Waals surface area contributed by atoms with Gasteiger partial charge >= 0.3 is 5.63 Å². The summed E-state index contributed by atoms with van der Waals surface area (Å²) in [5, 5.41) is 3.06. The Hall–Kier alpha value is -2.19. The number of nitrogens with two attached hydrogens (primary N) is 1. The predicted octanol–water partition coefficient (Wildman–Crippen LogP) is 1.71. The maximum atomic E-state index is 12.7.